The molecule has 1 saturated heterocycles. The molecule has 6 heteroatoms. The number of methoxy groups -OCH3 is 2. The van der Waals surface area contributed by atoms with E-state index in [-0.39, 0.29) is 17.3 Å². The predicted octanol–water partition coefficient (Wildman–Crippen LogP) is 4.26. The number of fused-ring (bicyclic) bond motifs is 1. The molecule has 0 unspecified atom stereocenters. The Hall–Kier alpha value is -2.99. The van der Waals surface area contributed by atoms with Gasteiger partial charge in [0.05, 0.1) is 25.3 Å². The molecule has 2 aromatic rings. The van der Waals surface area contributed by atoms with Gasteiger partial charge in [0.25, 0.3) is 0 Å². The fraction of sp³-hybridized carbons (Fsp3) is 0.375. The largest absolute Gasteiger partial charge is 0.507 e. The van der Waals surface area contributed by atoms with E-state index in [1.165, 1.54) is 6.42 Å². The number of likely N-dealkylation sites (tertiary alicyclic amines) is 1. The van der Waals surface area contributed by atoms with Gasteiger partial charge in [-0.15, -0.1) is 0 Å². The lowest BCUT2D eigenvalue weighted by atomic mass is 9.99. The number of ketones is 1. The van der Waals surface area contributed by atoms with Gasteiger partial charge in [-0.1, -0.05) is 6.92 Å². The van der Waals surface area contributed by atoms with Crippen molar-refractivity contribution in [2.45, 2.75) is 26.3 Å². The molecule has 2 aromatic carbocycles. The summed E-state index contributed by atoms with van der Waals surface area (Å²) in [5.74, 6) is 2.49. The van der Waals surface area contributed by atoms with Crippen molar-refractivity contribution in [3.63, 3.8) is 0 Å². The Balaban J connectivity index is 1.67. The third kappa shape index (κ3) is 3.87. The number of nitrogens with zero attached hydrogens (tertiary/aromatic N) is 1. The van der Waals surface area contributed by atoms with Gasteiger partial charge in [0.2, 0.25) is 5.78 Å². The lowest BCUT2D eigenvalue weighted by Crippen LogP contribution is -2.33. The maximum atomic E-state index is 13.0. The predicted molar refractivity (Wildman–Crippen MR) is 114 cm³/mol. The molecule has 0 saturated carbocycles. The minimum absolute atomic E-state index is 0.153. The summed E-state index contributed by atoms with van der Waals surface area (Å²) >= 11 is 0. The number of phenols is 1. The number of carbonyl (C=O) groups excluding carboxylic acids is 1. The van der Waals surface area contributed by atoms with Crippen LogP contribution in [0.4, 0.5) is 0 Å². The van der Waals surface area contributed by atoms with E-state index >= 15 is 0 Å². The number of aromatic hydroxyl groups is 1. The van der Waals surface area contributed by atoms with Crippen LogP contribution in [0.3, 0.4) is 0 Å². The molecule has 1 fully saturated rings. The molecule has 30 heavy (non-hydrogen) atoms. The number of carbonyl (C=O) groups is 1. The van der Waals surface area contributed by atoms with Crippen LogP contribution < -0.4 is 14.2 Å². The van der Waals surface area contributed by atoms with Crippen LogP contribution in [0.15, 0.2) is 36.1 Å². The van der Waals surface area contributed by atoms with Crippen molar-refractivity contribution >= 4 is 11.9 Å². The maximum absolute atomic E-state index is 13.0. The van der Waals surface area contributed by atoms with Crippen LogP contribution in [0.1, 0.15) is 41.3 Å². The first-order chi connectivity index (χ1) is 14.5. The first kappa shape index (κ1) is 20.3. The molecule has 158 valence electrons. The lowest BCUT2D eigenvalue weighted by Gasteiger charge is -2.31. The number of hydrogen-bond acceptors (Lipinski definition) is 6. The van der Waals surface area contributed by atoms with Crippen molar-refractivity contribution in [1.82, 2.24) is 4.90 Å². The molecule has 2 heterocycles. The molecule has 0 amide bonds. The van der Waals surface area contributed by atoms with E-state index in [4.69, 9.17) is 14.2 Å². The number of rotatable bonds is 5. The number of phenolic OH excluding ortho intramolecular Hbond substituents is 1. The van der Waals surface area contributed by atoms with Gasteiger partial charge >= 0.3 is 0 Å². The summed E-state index contributed by atoms with van der Waals surface area (Å²) in [6.07, 6.45) is 4.02. The second-order valence-corrected chi connectivity index (χ2v) is 7.97. The Morgan fingerprint density at radius 2 is 2.07 bits per heavy atom. The third-order valence-electron chi connectivity index (χ3n) is 5.76. The molecule has 0 radical (unpaired) electrons. The van der Waals surface area contributed by atoms with E-state index in [9.17, 15) is 9.90 Å². The highest BCUT2D eigenvalue weighted by Crippen LogP contribution is 2.41. The molecule has 6 nitrogen and oxygen atoms in total. The zero-order valence-corrected chi connectivity index (χ0v) is 17.6. The van der Waals surface area contributed by atoms with Crippen LogP contribution in [-0.4, -0.2) is 43.1 Å². The van der Waals surface area contributed by atoms with Gasteiger partial charge in [-0.25, -0.2) is 0 Å². The second kappa shape index (κ2) is 8.40. The van der Waals surface area contributed by atoms with Crippen molar-refractivity contribution in [1.29, 1.82) is 0 Å². The summed E-state index contributed by atoms with van der Waals surface area (Å²) in [4.78, 5) is 15.3. The summed E-state index contributed by atoms with van der Waals surface area (Å²) in [5.41, 5.74) is 1.82. The zero-order valence-electron chi connectivity index (χ0n) is 17.6. The number of allylic oxidation sites excluding steroid dienone is 1. The fourth-order valence-electron chi connectivity index (χ4n) is 4.20. The fourth-order valence-corrected chi connectivity index (χ4v) is 4.20. The van der Waals surface area contributed by atoms with Crippen LogP contribution >= 0.6 is 0 Å². The minimum Gasteiger partial charge on any atom is -0.507 e. The summed E-state index contributed by atoms with van der Waals surface area (Å²) in [6.45, 7) is 4.75. The van der Waals surface area contributed by atoms with Gasteiger partial charge in [-0.2, -0.15) is 0 Å². The molecule has 2 aliphatic heterocycles. The van der Waals surface area contributed by atoms with E-state index in [1.807, 2.05) is 0 Å². The van der Waals surface area contributed by atoms with E-state index in [0.717, 1.165) is 19.5 Å². The minimum atomic E-state index is -0.205. The molecule has 4 rings (SSSR count). The number of ether oxygens (including phenoxy) is 3. The molecular weight excluding hydrogens is 382 g/mol. The number of benzene rings is 2. The standard InChI is InChI=1S/C24H27NO5/c1-15-5-4-10-25(13-15)14-19-20(26)8-7-18-23(27)22(30-24(18)19)12-16-11-17(28-2)6-9-21(16)29-3/h6-9,11-12,15,26H,4-5,10,13-14H2,1-3H3/b22-12-/t15-/m0/s1. The monoisotopic (exact) mass is 409 g/mol. The van der Waals surface area contributed by atoms with Crippen LogP contribution in [0.5, 0.6) is 23.0 Å². The molecule has 2 aliphatic rings. The zero-order chi connectivity index (χ0) is 21.3. The molecule has 1 atom stereocenters. The molecule has 0 spiro atoms. The van der Waals surface area contributed by atoms with E-state index < -0.39 is 0 Å². The van der Waals surface area contributed by atoms with Crippen LogP contribution in [0.25, 0.3) is 6.08 Å². The average Bonchev–Trinajstić information content (AvgIpc) is 3.06. The highest BCUT2D eigenvalue weighted by Gasteiger charge is 2.32. The van der Waals surface area contributed by atoms with E-state index in [0.29, 0.717) is 46.4 Å². The number of piperidine rings is 1. The van der Waals surface area contributed by atoms with Crippen LogP contribution in [0.2, 0.25) is 0 Å². The van der Waals surface area contributed by atoms with Gasteiger partial charge in [-0.3, -0.25) is 9.69 Å². The number of hydrogen-bond donors (Lipinski definition) is 1. The maximum Gasteiger partial charge on any atom is 0.231 e. The Bertz CT molecular complexity index is 997. The third-order valence-corrected chi connectivity index (χ3v) is 5.76. The normalized spacial score (nSPS) is 20.2. The molecular formula is C24H27NO5. The Kier molecular flexibility index (Phi) is 5.68. The topological polar surface area (TPSA) is 68.2 Å². The highest BCUT2D eigenvalue weighted by atomic mass is 16.5. The van der Waals surface area contributed by atoms with Crippen LogP contribution in [-0.2, 0) is 6.54 Å². The van der Waals surface area contributed by atoms with E-state index in [1.54, 1.807) is 50.6 Å². The van der Waals surface area contributed by atoms with Crippen molar-refractivity contribution in [2.75, 3.05) is 27.3 Å². The summed E-state index contributed by atoms with van der Waals surface area (Å²) in [7, 11) is 3.16. The lowest BCUT2D eigenvalue weighted by molar-refractivity contribution is 0.101. The number of Topliss-reactive ketones (excluding diaryl/α,β-unsaturated/α-hetero) is 1. The quantitative estimate of drug-likeness (QED) is 0.745. The Morgan fingerprint density at radius 1 is 1.23 bits per heavy atom. The second-order valence-electron chi connectivity index (χ2n) is 7.97. The van der Waals surface area contributed by atoms with Gasteiger partial charge in [0.1, 0.15) is 23.0 Å². The van der Waals surface area contributed by atoms with Crippen molar-refractivity contribution in [3.05, 3.63) is 52.8 Å². The molecule has 1 N–H and O–H groups in total. The van der Waals surface area contributed by atoms with Crippen molar-refractivity contribution in [2.24, 2.45) is 5.92 Å². The van der Waals surface area contributed by atoms with Gasteiger partial charge in [0, 0.05) is 18.7 Å². The summed E-state index contributed by atoms with van der Waals surface area (Å²) in [5, 5.41) is 10.5. The first-order valence-corrected chi connectivity index (χ1v) is 10.2. The van der Waals surface area contributed by atoms with Crippen LogP contribution in [0, 0.1) is 5.92 Å². The van der Waals surface area contributed by atoms with Gasteiger partial charge < -0.3 is 19.3 Å². The summed E-state index contributed by atoms with van der Waals surface area (Å²) < 4.78 is 16.7. The van der Waals surface area contributed by atoms with Gasteiger partial charge in [0.15, 0.2) is 5.76 Å². The Labute approximate surface area is 176 Å². The summed E-state index contributed by atoms with van der Waals surface area (Å²) in [6, 6.07) is 8.57. The van der Waals surface area contributed by atoms with Crippen molar-refractivity contribution < 1.29 is 24.1 Å². The smallest absolute Gasteiger partial charge is 0.231 e. The van der Waals surface area contributed by atoms with E-state index in [2.05, 4.69) is 11.8 Å². The Morgan fingerprint density at radius 3 is 2.80 bits per heavy atom. The average molecular weight is 409 g/mol. The molecule has 0 bridgehead atoms. The molecule has 0 aliphatic carbocycles. The van der Waals surface area contributed by atoms with Crippen molar-refractivity contribution in [3.8, 4) is 23.0 Å². The highest BCUT2D eigenvalue weighted by molar-refractivity contribution is 6.15. The van der Waals surface area contributed by atoms with Gasteiger partial charge in [-0.05, 0) is 61.7 Å². The first-order valence-electron chi connectivity index (χ1n) is 10.2. The SMILES string of the molecule is COc1ccc(OC)c(/C=C2\Oc3c(ccc(O)c3CN3CCC[C@H](C)C3)C2=O)c1. The molecule has 0 aromatic heterocycles.